The Hall–Kier alpha value is -0.980. The van der Waals surface area contributed by atoms with Gasteiger partial charge in [-0.1, -0.05) is 73.4 Å². The van der Waals surface area contributed by atoms with Gasteiger partial charge < -0.3 is 4.74 Å². The lowest BCUT2D eigenvalue weighted by molar-refractivity contribution is 0.0241. The molecule has 1 aromatic rings. The van der Waals surface area contributed by atoms with Crippen molar-refractivity contribution in [3.05, 3.63) is 29.8 Å². The van der Waals surface area contributed by atoms with E-state index in [1.54, 1.807) is 0 Å². The molecule has 140 valence electrons. The molecule has 0 saturated heterocycles. The summed E-state index contributed by atoms with van der Waals surface area (Å²) < 4.78 is 6.40. The van der Waals surface area contributed by atoms with Crippen LogP contribution in [0.5, 0.6) is 5.75 Å². The molecule has 1 aliphatic rings. The van der Waals surface area contributed by atoms with Gasteiger partial charge in [0, 0.05) is 0 Å². The largest absolute Gasteiger partial charge is 0.487 e. The summed E-state index contributed by atoms with van der Waals surface area (Å²) in [6.07, 6.45) is 7.68. The molecule has 2 atom stereocenters. The Morgan fingerprint density at radius 3 is 1.92 bits per heavy atom. The quantitative estimate of drug-likeness (QED) is 0.512. The molecule has 0 radical (unpaired) electrons. The number of ether oxygens (including phenoxy) is 1. The normalized spacial score (nSPS) is 17.7. The average Bonchev–Trinajstić information content (AvgIpc) is 3.20. The Bertz CT molecular complexity index is 403. The molecule has 0 spiro atoms. The molecule has 0 heterocycles. The number of hydrogen-bond acceptors (Lipinski definition) is 1. The van der Waals surface area contributed by atoms with Gasteiger partial charge in [0.25, 0.3) is 0 Å². The summed E-state index contributed by atoms with van der Waals surface area (Å²) in [5, 5.41) is 0. The topological polar surface area (TPSA) is 9.23 Å². The summed E-state index contributed by atoms with van der Waals surface area (Å²) in [5.74, 6) is 2.39. The second-order valence-electron chi connectivity index (χ2n) is 6.63. The highest BCUT2D eigenvalue weighted by Gasteiger charge is 2.36. The van der Waals surface area contributed by atoms with Gasteiger partial charge in [-0.05, 0) is 62.1 Å². The van der Waals surface area contributed by atoms with E-state index in [0.717, 1.165) is 18.1 Å². The van der Waals surface area contributed by atoms with Crippen molar-refractivity contribution in [3.63, 3.8) is 0 Å². The maximum atomic E-state index is 6.40. The van der Waals surface area contributed by atoms with Gasteiger partial charge in [-0.25, -0.2) is 0 Å². The monoisotopic (exact) mass is 334 g/mol. The highest BCUT2D eigenvalue weighted by atomic mass is 16.5. The number of rotatable bonds is 6. The molecular weight excluding hydrogens is 292 g/mol. The van der Waals surface area contributed by atoms with E-state index >= 15 is 0 Å². The van der Waals surface area contributed by atoms with Crippen LogP contribution in [0.2, 0.25) is 0 Å². The van der Waals surface area contributed by atoms with Crippen LogP contribution in [0.4, 0.5) is 0 Å². The first-order valence-electron chi connectivity index (χ1n) is 10.4. The molecule has 1 saturated carbocycles. The second kappa shape index (κ2) is 12.4. The molecule has 1 nitrogen and oxygen atoms in total. The maximum Gasteiger partial charge on any atom is 0.120 e. The van der Waals surface area contributed by atoms with Crippen molar-refractivity contribution in [1.29, 1.82) is 0 Å². The van der Waals surface area contributed by atoms with Gasteiger partial charge in [-0.15, -0.1) is 0 Å². The Balaban J connectivity index is 0.00000123. The first kappa shape index (κ1) is 23.0. The molecule has 0 bridgehead atoms. The van der Waals surface area contributed by atoms with Crippen molar-refractivity contribution in [2.45, 2.75) is 105 Å². The van der Waals surface area contributed by atoms with Crippen molar-refractivity contribution in [3.8, 4) is 5.75 Å². The molecule has 1 fully saturated rings. The van der Waals surface area contributed by atoms with Crippen LogP contribution in [0.15, 0.2) is 24.3 Å². The van der Waals surface area contributed by atoms with Crippen molar-refractivity contribution in [2.75, 3.05) is 0 Å². The molecular formula is C23H42O. The van der Waals surface area contributed by atoms with E-state index < -0.39 is 0 Å². The van der Waals surface area contributed by atoms with E-state index in [1.807, 2.05) is 27.7 Å². The molecule has 1 aromatic carbocycles. The minimum Gasteiger partial charge on any atom is -0.487 e. The smallest absolute Gasteiger partial charge is 0.120 e. The van der Waals surface area contributed by atoms with Crippen molar-refractivity contribution in [2.24, 2.45) is 5.92 Å². The number of hydrogen-bond donors (Lipinski definition) is 0. The predicted octanol–water partition coefficient (Wildman–Crippen LogP) is 7.99. The summed E-state index contributed by atoms with van der Waals surface area (Å²) >= 11 is 0. The standard InChI is InChI=1S/C19H30O.2C2H6/c1-5-15(3)16-11-13-18(14-12-16)20-19(4,6-2)17-9-7-8-10-17;2*1-2/h11-15,17H,5-10H2,1-4H3;2*1-2H3. The van der Waals surface area contributed by atoms with Gasteiger partial charge in [0.2, 0.25) is 0 Å². The highest BCUT2D eigenvalue weighted by molar-refractivity contribution is 5.29. The van der Waals surface area contributed by atoms with Gasteiger partial charge in [0.1, 0.15) is 11.4 Å². The zero-order valence-corrected chi connectivity index (χ0v) is 17.6. The fourth-order valence-corrected chi connectivity index (χ4v) is 3.35. The fourth-order valence-electron chi connectivity index (χ4n) is 3.35. The maximum absolute atomic E-state index is 6.40. The Labute approximate surface area is 152 Å². The van der Waals surface area contributed by atoms with Crippen LogP contribution in [-0.2, 0) is 0 Å². The molecule has 0 N–H and O–H groups in total. The van der Waals surface area contributed by atoms with Crippen LogP contribution < -0.4 is 4.74 Å². The second-order valence-corrected chi connectivity index (χ2v) is 6.63. The van der Waals surface area contributed by atoms with Gasteiger partial charge in [0.15, 0.2) is 0 Å². The third kappa shape index (κ3) is 6.49. The van der Waals surface area contributed by atoms with Gasteiger partial charge in [-0.3, -0.25) is 0 Å². The Kier molecular flexibility index (Phi) is 11.9. The Morgan fingerprint density at radius 2 is 1.50 bits per heavy atom. The van der Waals surface area contributed by atoms with E-state index in [-0.39, 0.29) is 5.60 Å². The van der Waals surface area contributed by atoms with Crippen LogP contribution in [0.25, 0.3) is 0 Å². The zero-order valence-electron chi connectivity index (χ0n) is 17.6. The first-order valence-corrected chi connectivity index (χ1v) is 10.4. The summed E-state index contributed by atoms with van der Waals surface area (Å²) in [7, 11) is 0. The minimum atomic E-state index is 0.00832. The van der Waals surface area contributed by atoms with E-state index in [2.05, 4.69) is 52.0 Å². The fraction of sp³-hybridized carbons (Fsp3) is 0.739. The zero-order chi connectivity index (χ0) is 18.6. The highest BCUT2D eigenvalue weighted by Crippen LogP contribution is 2.39. The van der Waals surface area contributed by atoms with Gasteiger partial charge in [0.05, 0.1) is 0 Å². The van der Waals surface area contributed by atoms with Crippen LogP contribution in [-0.4, -0.2) is 5.60 Å². The average molecular weight is 335 g/mol. The van der Waals surface area contributed by atoms with Crippen molar-refractivity contribution in [1.82, 2.24) is 0 Å². The van der Waals surface area contributed by atoms with Crippen molar-refractivity contribution >= 4 is 0 Å². The number of benzene rings is 1. The molecule has 0 amide bonds. The molecule has 2 unspecified atom stereocenters. The summed E-state index contributed by atoms with van der Waals surface area (Å²) in [5.41, 5.74) is 1.42. The van der Waals surface area contributed by atoms with E-state index in [0.29, 0.717) is 5.92 Å². The third-order valence-corrected chi connectivity index (χ3v) is 5.33. The van der Waals surface area contributed by atoms with E-state index in [4.69, 9.17) is 4.74 Å². The van der Waals surface area contributed by atoms with Crippen LogP contribution >= 0.6 is 0 Å². The lowest BCUT2D eigenvalue weighted by Gasteiger charge is -2.35. The minimum absolute atomic E-state index is 0.00832. The lowest BCUT2D eigenvalue weighted by atomic mass is 9.85. The van der Waals surface area contributed by atoms with E-state index in [9.17, 15) is 0 Å². The van der Waals surface area contributed by atoms with Crippen LogP contribution in [0.1, 0.15) is 105 Å². The third-order valence-electron chi connectivity index (χ3n) is 5.33. The predicted molar refractivity (Wildman–Crippen MR) is 109 cm³/mol. The first-order chi connectivity index (χ1) is 11.6. The molecule has 24 heavy (non-hydrogen) atoms. The SMILES string of the molecule is CC.CC.CCC(C)c1ccc(OC(C)(CC)C2CCCC2)cc1. The van der Waals surface area contributed by atoms with Gasteiger partial charge >= 0.3 is 0 Å². The summed E-state index contributed by atoms with van der Waals surface area (Å²) in [4.78, 5) is 0. The Morgan fingerprint density at radius 1 is 1.00 bits per heavy atom. The van der Waals surface area contributed by atoms with E-state index in [1.165, 1.54) is 37.7 Å². The molecule has 0 aromatic heterocycles. The van der Waals surface area contributed by atoms with Crippen molar-refractivity contribution < 1.29 is 4.74 Å². The molecule has 0 aliphatic heterocycles. The van der Waals surface area contributed by atoms with Crippen LogP contribution in [0, 0.1) is 5.92 Å². The summed E-state index contributed by atoms with van der Waals surface area (Å²) in [6, 6.07) is 8.77. The molecule has 2 rings (SSSR count). The summed E-state index contributed by atoms with van der Waals surface area (Å²) in [6.45, 7) is 17.1. The van der Waals surface area contributed by atoms with Gasteiger partial charge in [-0.2, -0.15) is 0 Å². The molecule has 1 heteroatoms. The molecule has 1 aliphatic carbocycles. The lowest BCUT2D eigenvalue weighted by Crippen LogP contribution is -2.39. The van der Waals surface area contributed by atoms with Crippen LogP contribution in [0.3, 0.4) is 0 Å².